The first-order chi connectivity index (χ1) is 42.0. The van der Waals surface area contributed by atoms with Crippen LogP contribution in [0.4, 0.5) is 5.82 Å². The van der Waals surface area contributed by atoms with Crippen LogP contribution in [0.5, 0.6) is 0 Å². The number of rotatable bonds is 16. The second kappa shape index (κ2) is 22.6. The fourth-order valence-electron chi connectivity index (χ4n) is 8.22. The van der Waals surface area contributed by atoms with Crippen LogP contribution >= 0.6 is 193 Å². The van der Waals surface area contributed by atoms with Gasteiger partial charge in [0.05, 0.1) is 17.1 Å². The zero-order chi connectivity index (χ0) is 56.0. The van der Waals surface area contributed by atoms with Gasteiger partial charge in [-0.2, -0.15) is 0 Å². The van der Waals surface area contributed by atoms with Crippen LogP contribution < -0.4 is 4.90 Å². The van der Waals surface area contributed by atoms with E-state index in [0.717, 1.165) is 172 Å². The van der Waals surface area contributed by atoms with Crippen molar-refractivity contribution >= 4 is 205 Å². The van der Waals surface area contributed by atoms with Crippen LogP contribution in [0.3, 0.4) is 0 Å². The summed E-state index contributed by atoms with van der Waals surface area (Å²) in [6, 6.07) is 0. The molecule has 0 amide bonds. The summed E-state index contributed by atoms with van der Waals surface area (Å²) in [5, 5.41) is 47.3. The molecule has 0 aliphatic carbocycles. The van der Waals surface area contributed by atoms with Crippen LogP contribution in [-0.4, -0.2) is 85.6 Å². The number of aromatic nitrogens is 16. The van der Waals surface area contributed by atoms with Gasteiger partial charge in [0.2, 0.25) is 0 Å². The van der Waals surface area contributed by atoms with Crippen molar-refractivity contribution in [1.82, 2.24) is 79.7 Å². The van der Waals surface area contributed by atoms with E-state index in [-0.39, 0.29) is 0 Å². The first kappa shape index (κ1) is 53.2. The Morgan fingerprint density at radius 1 is 0.259 bits per heavy atom. The normalized spacial score (nSPS) is 12.7. The molecule has 0 saturated carbocycles. The minimum Gasteiger partial charge on any atom is -0.312 e. The zero-order valence-corrected chi connectivity index (χ0v) is 55.6. The summed E-state index contributed by atoms with van der Waals surface area (Å²) in [7, 11) is 0. The van der Waals surface area contributed by atoms with E-state index in [1.165, 1.54) is 0 Å². The quantitative estimate of drug-likeness (QED) is 0.0880. The van der Waals surface area contributed by atoms with Gasteiger partial charge in [-0.25, -0.2) is 79.7 Å². The molecule has 0 spiro atoms. The predicted octanol–water partition coefficient (Wildman–Crippen LogP) is 18.8. The number of nitrogens with zero attached hydrogens (tertiary/aromatic N) is 17. The molecule has 0 saturated heterocycles. The summed E-state index contributed by atoms with van der Waals surface area (Å²) in [6.45, 7) is 0. The molecule has 17 nitrogen and oxygen atoms in total. The van der Waals surface area contributed by atoms with Gasteiger partial charge >= 0.3 is 0 Å². The van der Waals surface area contributed by atoms with Gasteiger partial charge in [0.15, 0.2) is 0 Å². The fraction of sp³-hybridized carbons (Fsp3) is 0.0196. The van der Waals surface area contributed by atoms with Crippen LogP contribution in [0.2, 0.25) is 0 Å². The topological polar surface area (TPSA) is 209 Å². The Morgan fingerprint density at radius 3 is 0.741 bits per heavy atom. The minimum absolute atomic E-state index is 0.801. The standard InChI is InChI=1S/C51H21N17S17/c1-2-71-37(52-1)21-3-72-38(54-21)22-4-73-39(55-22)23-5-74-40(56-23)24-6-75-41(57-24)25-7-76-42(58-25)26-8-77-43(59-26)27-9-78-44(60-27)28-10-79-45(61-28)29-11-80-46(62-29)30-12-81-47(63-30)31-13-82-48(64-31)32-14-83-49(65-32)33-15-84-50(66-33)34-16-85-51(67-34)35-17-70-20-68(35)36-18-69-19-53-36/h1-19H,20H2. The van der Waals surface area contributed by atoms with Crippen molar-refractivity contribution in [2.24, 2.45) is 0 Å². The lowest BCUT2D eigenvalue weighted by atomic mass is 10.4. The highest BCUT2D eigenvalue weighted by molar-refractivity contribution is 8.02. The molecule has 0 fully saturated rings. The van der Waals surface area contributed by atoms with E-state index >= 15 is 0 Å². The second-order valence-corrected chi connectivity index (χ2v) is 31.9. The molecule has 85 heavy (non-hydrogen) atoms. The van der Waals surface area contributed by atoms with E-state index in [1.54, 1.807) is 199 Å². The number of thiazole rings is 16. The molecule has 16 aromatic heterocycles. The van der Waals surface area contributed by atoms with Crippen LogP contribution in [0.25, 0.3) is 156 Å². The average molecular weight is 1420 g/mol. The van der Waals surface area contributed by atoms with Gasteiger partial charge in [-0.3, -0.25) is 0 Å². The molecule has 0 radical (unpaired) electrons. The maximum Gasteiger partial charge on any atom is 0.144 e. The summed E-state index contributed by atoms with van der Waals surface area (Å²) >= 11 is 26.7. The van der Waals surface area contributed by atoms with E-state index in [2.05, 4.69) is 31.0 Å². The van der Waals surface area contributed by atoms with Crippen LogP contribution in [-0.2, 0) is 0 Å². The summed E-state index contributed by atoms with van der Waals surface area (Å²) in [6.07, 6.45) is 1.79. The van der Waals surface area contributed by atoms with E-state index in [9.17, 15) is 0 Å². The van der Waals surface area contributed by atoms with Crippen molar-refractivity contribution in [3.8, 4) is 150 Å². The number of hydrogen-bond donors (Lipinski definition) is 0. The van der Waals surface area contributed by atoms with Crippen LogP contribution in [0, 0.1) is 0 Å². The lowest BCUT2D eigenvalue weighted by Gasteiger charge is -2.16. The molecule has 0 N–H and O–H groups in total. The Morgan fingerprint density at radius 2 is 0.506 bits per heavy atom. The van der Waals surface area contributed by atoms with Gasteiger partial charge < -0.3 is 4.90 Å². The molecular weight excluding hydrogens is 1400 g/mol. The van der Waals surface area contributed by atoms with Crippen LogP contribution in [0.15, 0.2) is 103 Å². The van der Waals surface area contributed by atoms with E-state index < -0.39 is 0 Å². The molecule has 17 rings (SSSR count). The average Bonchev–Trinajstić information content (AvgIpc) is 4.19. The first-order valence-corrected chi connectivity index (χ1v) is 39.5. The van der Waals surface area contributed by atoms with Crippen LogP contribution in [0.1, 0.15) is 5.01 Å². The molecule has 34 heteroatoms. The summed E-state index contributed by atoms with van der Waals surface area (Å²) in [4.78, 5) is 80.3. The Bertz CT molecular complexity index is 5050. The van der Waals surface area contributed by atoms with Gasteiger partial charge in [-0.15, -0.1) is 193 Å². The number of hydrogen-bond acceptors (Lipinski definition) is 34. The van der Waals surface area contributed by atoms with Crippen molar-refractivity contribution in [3.05, 3.63) is 108 Å². The third kappa shape index (κ3) is 10.4. The van der Waals surface area contributed by atoms with Gasteiger partial charge in [0.25, 0.3) is 0 Å². The molecule has 412 valence electrons. The molecule has 16 aromatic rings. The highest BCUT2D eigenvalue weighted by atomic mass is 32.2. The van der Waals surface area contributed by atoms with E-state index in [4.69, 9.17) is 69.8 Å². The minimum atomic E-state index is 0.801. The lowest BCUT2D eigenvalue weighted by molar-refractivity contribution is 1.14. The van der Waals surface area contributed by atoms with Crippen molar-refractivity contribution in [2.45, 2.75) is 0 Å². The third-order valence-corrected chi connectivity index (χ3v) is 26.4. The number of anilines is 1. The van der Waals surface area contributed by atoms with E-state index in [0.29, 0.717) is 0 Å². The van der Waals surface area contributed by atoms with Crippen molar-refractivity contribution in [3.63, 3.8) is 0 Å². The Kier molecular flexibility index (Phi) is 14.2. The summed E-state index contributed by atoms with van der Waals surface area (Å²) in [5.74, 6) is 1.78. The van der Waals surface area contributed by atoms with Gasteiger partial charge in [0.1, 0.15) is 161 Å². The Balaban J connectivity index is 0.520. The molecule has 0 bridgehead atoms. The second-order valence-electron chi connectivity index (χ2n) is 17.4. The maximum atomic E-state index is 4.98. The molecule has 1 aliphatic heterocycles. The van der Waals surface area contributed by atoms with Crippen molar-refractivity contribution in [1.29, 1.82) is 0 Å². The fourth-order valence-corrected chi connectivity index (χ4v) is 22.1. The highest BCUT2D eigenvalue weighted by Crippen LogP contribution is 2.43. The zero-order valence-electron chi connectivity index (χ0n) is 41.7. The molecule has 0 aromatic carbocycles. The Hall–Kier alpha value is -6.03. The predicted molar refractivity (Wildman–Crippen MR) is 363 cm³/mol. The molecule has 1 aliphatic rings. The smallest absolute Gasteiger partial charge is 0.144 e. The van der Waals surface area contributed by atoms with Gasteiger partial charge in [-0.05, 0) is 5.41 Å². The summed E-state index contributed by atoms with van der Waals surface area (Å²) < 4.78 is 0. The molecule has 0 atom stereocenters. The largest absolute Gasteiger partial charge is 0.312 e. The maximum absolute atomic E-state index is 4.98. The third-order valence-electron chi connectivity index (χ3n) is 12.2. The number of thioether (sulfide) groups is 1. The van der Waals surface area contributed by atoms with Crippen molar-refractivity contribution < 1.29 is 0 Å². The van der Waals surface area contributed by atoms with Gasteiger partial charge in [0, 0.05) is 92.3 Å². The monoisotopic (exact) mass is 1410 g/mol. The molecule has 17 heterocycles. The van der Waals surface area contributed by atoms with Crippen molar-refractivity contribution in [2.75, 3.05) is 10.8 Å². The van der Waals surface area contributed by atoms with E-state index in [1.807, 2.05) is 80.8 Å². The van der Waals surface area contributed by atoms with Gasteiger partial charge in [-0.1, -0.05) is 0 Å². The SMILES string of the molecule is C1=C(c2nc(-c3nc(-c4nc(-c5nc(-c6nc(-c7nc(-c8nc(-c9nc(-c%10nc(-c%11nc(-c%12nc(-c%13nc(-c%14nc(-c%15nc(-c%16nccs%16)cs%15)cs%14)cs%13)cs%12)cs%11)cs%10)cs9)cs8)cs7)cs6)cs5)cs4)cs3)cs2)N(c2cscn2)CS1. The Labute approximate surface area is 546 Å². The molecule has 0 unspecified atom stereocenters. The summed E-state index contributed by atoms with van der Waals surface area (Å²) in [5.41, 5.74) is 14.4. The first-order valence-electron chi connectivity index (χ1n) is 24.3. The lowest BCUT2D eigenvalue weighted by Crippen LogP contribution is -2.16. The molecular formula is C51H21N17S17. The highest BCUT2D eigenvalue weighted by Gasteiger charge is 2.26.